The van der Waals surface area contributed by atoms with Crippen LogP contribution < -0.4 is 4.90 Å². The predicted molar refractivity (Wildman–Crippen MR) is 233 cm³/mol. The van der Waals surface area contributed by atoms with E-state index < -0.39 is 0 Å². The first-order valence-electron chi connectivity index (χ1n) is 18.9. The molecule has 0 unspecified atom stereocenters. The molecule has 0 N–H and O–H groups in total. The zero-order valence-electron chi connectivity index (χ0n) is 30.0. The van der Waals surface area contributed by atoms with Crippen LogP contribution in [-0.2, 0) is 0 Å². The number of para-hydroxylation sites is 4. The standard InChI is InChI=1S/C52H35N3/c1-3-17-39(18-4-1)53-48-25-12-10-23-45(48)52-49(53)27-14-28-50(52)54(46-26-13-16-37-15-7-8-21-42(37)46)41-32-29-36(30-33-41)38-31-34-44-43-22-9-11-24-47(43)55(51(44)35-38)40-19-5-2-6-20-40/h1-35H. The zero-order chi connectivity index (χ0) is 36.3. The summed E-state index contributed by atoms with van der Waals surface area (Å²) in [5.74, 6) is 0. The second-order valence-corrected chi connectivity index (χ2v) is 14.2. The van der Waals surface area contributed by atoms with E-state index >= 15 is 0 Å². The van der Waals surface area contributed by atoms with Crippen LogP contribution in [0.5, 0.6) is 0 Å². The molecule has 0 aliphatic rings. The van der Waals surface area contributed by atoms with Crippen LogP contribution in [0.1, 0.15) is 0 Å². The van der Waals surface area contributed by atoms with E-state index in [2.05, 4.69) is 226 Å². The summed E-state index contributed by atoms with van der Waals surface area (Å²) in [6.45, 7) is 0. The van der Waals surface area contributed by atoms with Crippen molar-refractivity contribution in [2.24, 2.45) is 0 Å². The smallest absolute Gasteiger partial charge is 0.0562 e. The molecule has 2 heterocycles. The number of benzene rings is 9. The van der Waals surface area contributed by atoms with Gasteiger partial charge in [0.15, 0.2) is 0 Å². The van der Waals surface area contributed by atoms with E-state index in [0.29, 0.717) is 0 Å². The molecule has 0 spiro atoms. The normalized spacial score (nSPS) is 11.6. The lowest BCUT2D eigenvalue weighted by Gasteiger charge is -2.28. The topological polar surface area (TPSA) is 13.1 Å². The van der Waals surface area contributed by atoms with Crippen LogP contribution in [0.15, 0.2) is 212 Å². The Bertz CT molecular complexity index is 3180. The van der Waals surface area contributed by atoms with Gasteiger partial charge >= 0.3 is 0 Å². The van der Waals surface area contributed by atoms with Crippen molar-refractivity contribution < 1.29 is 0 Å². The molecule has 258 valence electrons. The summed E-state index contributed by atoms with van der Waals surface area (Å²) in [5.41, 5.74) is 12.8. The second-order valence-electron chi connectivity index (χ2n) is 14.2. The largest absolute Gasteiger partial charge is 0.309 e. The lowest BCUT2D eigenvalue weighted by Crippen LogP contribution is -2.11. The fourth-order valence-electron chi connectivity index (χ4n) is 8.66. The van der Waals surface area contributed by atoms with Gasteiger partial charge in [-0.15, -0.1) is 0 Å². The van der Waals surface area contributed by atoms with Crippen molar-refractivity contribution >= 4 is 71.4 Å². The average Bonchev–Trinajstić information content (AvgIpc) is 3.78. The Hall–Kier alpha value is -7.36. The number of fused-ring (bicyclic) bond motifs is 7. The molecular weight excluding hydrogens is 667 g/mol. The van der Waals surface area contributed by atoms with Crippen LogP contribution in [0, 0.1) is 0 Å². The maximum atomic E-state index is 2.45. The highest BCUT2D eigenvalue weighted by Crippen LogP contribution is 2.46. The van der Waals surface area contributed by atoms with E-state index in [9.17, 15) is 0 Å². The number of anilines is 3. The van der Waals surface area contributed by atoms with Crippen molar-refractivity contribution in [3.05, 3.63) is 212 Å². The van der Waals surface area contributed by atoms with Crippen molar-refractivity contribution in [2.45, 2.75) is 0 Å². The molecule has 11 aromatic rings. The maximum absolute atomic E-state index is 2.45. The van der Waals surface area contributed by atoms with E-state index in [1.165, 1.54) is 65.5 Å². The highest BCUT2D eigenvalue weighted by molar-refractivity contribution is 6.17. The monoisotopic (exact) mass is 701 g/mol. The second kappa shape index (κ2) is 12.6. The number of hydrogen-bond donors (Lipinski definition) is 0. The maximum Gasteiger partial charge on any atom is 0.0562 e. The van der Waals surface area contributed by atoms with Gasteiger partial charge in [0.2, 0.25) is 0 Å². The highest BCUT2D eigenvalue weighted by Gasteiger charge is 2.22. The Morgan fingerprint density at radius 2 is 0.818 bits per heavy atom. The van der Waals surface area contributed by atoms with Crippen LogP contribution in [0.25, 0.3) is 76.9 Å². The Labute approximate surface area is 319 Å². The molecule has 0 atom stereocenters. The van der Waals surface area contributed by atoms with E-state index in [1.54, 1.807) is 0 Å². The van der Waals surface area contributed by atoms with E-state index in [1.807, 2.05) is 0 Å². The van der Waals surface area contributed by atoms with Crippen LogP contribution in [-0.4, -0.2) is 9.13 Å². The molecule has 11 rings (SSSR count). The van der Waals surface area contributed by atoms with Gasteiger partial charge in [-0.25, -0.2) is 0 Å². The minimum atomic E-state index is 1.10. The van der Waals surface area contributed by atoms with Crippen LogP contribution in [0.4, 0.5) is 17.1 Å². The Morgan fingerprint density at radius 3 is 1.56 bits per heavy atom. The molecule has 0 radical (unpaired) electrons. The third kappa shape index (κ3) is 4.98. The molecule has 0 aliphatic heterocycles. The molecule has 0 amide bonds. The summed E-state index contributed by atoms with van der Waals surface area (Å²) in [6, 6.07) is 76.9. The van der Waals surface area contributed by atoms with Crippen LogP contribution >= 0.6 is 0 Å². The molecule has 9 aromatic carbocycles. The van der Waals surface area contributed by atoms with Crippen molar-refractivity contribution in [3.8, 4) is 22.5 Å². The van der Waals surface area contributed by atoms with Gasteiger partial charge in [-0.05, 0) is 89.3 Å². The molecule has 3 heteroatoms. The van der Waals surface area contributed by atoms with E-state index in [-0.39, 0.29) is 0 Å². The highest BCUT2D eigenvalue weighted by atomic mass is 15.1. The predicted octanol–water partition coefficient (Wildman–Crippen LogP) is 14.2. The zero-order valence-corrected chi connectivity index (χ0v) is 30.0. The van der Waals surface area contributed by atoms with Crippen LogP contribution in [0.2, 0.25) is 0 Å². The minimum Gasteiger partial charge on any atom is -0.309 e. The molecule has 3 nitrogen and oxygen atoms in total. The lowest BCUT2D eigenvalue weighted by molar-refractivity contribution is 1.18. The third-order valence-electron chi connectivity index (χ3n) is 11.1. The van der Waals surface area contributed by atoms with Gasteiger partial charge in [0.05, 0.1) is 33.4 Å². The van der Waals surface area contributed by atoms with Gasteiger partial charge in [-0.1, -0.05) is 140 Å². The van der Waals surface area contributed by atoms with Crippen molar-refractivity contribution in [1.82, 2.24) is 9.13 Å². The summed E-state index contributed by atoms with van der Waals surface area (Å²) >= 11 is 0. The van der Waals surface area contributed by atoms with Gasteiger partial charge in [0, 0.05) is 44.0 Å². The average molecular weight is 702 g/mol. The molecule has 0 aliphatic carbocycles. The summed E-state index contributed by atoms with van der Waals surface area (Å²) in [5, 5.41) is 7.38. The Balaban J connectivity index is 1.11. The first-order valence-corrected chi connectivity index (χ1v) is 18.9. The van der Waals surface area contributed by atoms with Crippen molar-refractivity contribution in [2.75, 3.05) is 4.90 Å². The van der Waals surface area contributed by atoms with Crippen molar-refractivity contribution in [1.29, 1.82) is 0 Å². The fourth-order valence-corrected chi connectivity index (χ4v) is 8.66. The first kappa shape index (κ1) is 31.2. The SMILES string of the molecule is c1ccc(-n2c3ccccc3c3ccc(-c4ccc(N(c5cccc6ccccc56)c5cccc6c5c5ccccc5n6-c5ccccc5)cc4)cc32)cc1. The summed E-state index contributed by atoms with van der Waals surface area (Å²) < 4.78 is 4.78. The molecule has 0 saturated heterocycles. The molecule has 0 bridgehead atoms. The van der Waals surface area contributed by atoms with Gasteiger partial charge in [-0.3, -0.25) is 0 Å². The van der Waals surface area contributed by atoms with Gasteiger partial charge in [0.25, 0.3) is 0 Å². The van der Waals surface area contributed by atoms with Crippen LogP contribution in [0.3, 0.4) is 0 Å². The summed E-state index contributed by atoms with van der Waals surface area (Å²) in [6.07, 6.45) is 0. The lowest BCUT2D eigenvalue weighted by atomic mass is 10.0. The Morgan fingerprint density at radius 1 is 0.309 bits per heavy atom. The Kier molecular flexibility index (Phi) is 7.17. The number of hydrogen-bond acceptors (Lipinski definition) is 1. The van der Waals surface area contributed by atoms with Gasteiger partial charge in [-0.2, -0.15) is 0 Å². The number of aromatic nitrogens is 2. The van der Waals surface area contributed by atoms with E-state index in [0.717, 1.165) is 28.4 Å². The van der Waals surface area contributed by atoms with E-state index in [4.69, 9.17) is 0 Å². The fraction of sp³-hybridized carbons (Fsp3) is 0. The van der Waals surface area contributed by atoms with Gasteiger partial charge < -0.3 is 14.0 Å². The quantitative estimate of drug-likeness (QED) is 0.168. The summed E-state index contributed by atoms with van der Waals surface area (Å²) in [7, 11) is 0. The summed E-state index contributed by atoms with van der Waals surface area (Å²) in [4.78, 5) is 2.45. The minimum absolute atomic E-state index is 1.10. The van der Waals surface area contributed by atoms with Crippen molar-refractivity contribution in [3.63, 3.8) is 0 Å². The van der Waals surface area contributed by atoms with Gasteiger partial charge in [0.1, 0.15) is 0 Å². The molecule has 55 heavy (non-hydrogen) atoms. The molecule has 0 saturated carbocycles. The number of rotatable bonds is 6. The molecule has 2 aromatic heterocycles. The first-order chi connectivity index (χ1) is 27.3. The number of nitrogens with zero attached hydrogens (tertiary/aromatic N) is 3. The third-order valence-corrected chi connectivity index (χ3v) is 11.1. The molecular formula is C52H35N3. The molecule has 0 fully saturated rings.